The van der Waals surface area contributed by atoms with Crippen molar-refractivity contribution in [1.29, 1.82) is 0 Å². The third-order valence-electron chi connectivity index (χ3n) is 7.49. The van der Waals surface area contributed by atoms with Crippen LogP contribution in [0.4, 0.5) is 26.7 Å². The van der Waals surface area contributed by atoms with Crippen molar-refractivity contribution in [1.82, 2.24) is 20.9 Å². The number of Topliss-reactive ketones (excluding diaryl/α,β-unsaturated/α-hetero) is 1. The van der Waals surface area contributed by atoms with Gasteiger partial charge in [0, 0.05) is 19.0 Å². The molecule has 15 heteroatoms. The molecule has 4 N–H and O–H groups in total. The van der Waals surface area contributed by atoms with Gasteiger partial charge in [0.05, 0.1) is 6.04 Å². The molecule has 3 atom stereocenters. The fraction of sp³-hybridized carbons (Fsp3) is 0.792. The molecule has 3 fully saturated rings. The second-order valence-electron chi connectivity index (χ2n) is 11.0. The number of hydrogen-bond acceptors (Lipinski definition) is 5. The van der Waals surface area contributed by atoms with E-state index in [2.05, 4.69) is 10.6 Å². The standard InChI is InChI=1S/C24H33F5N4O6/c1-22(25,26)10-7-14(16(34)19(36)30-13-5-6-13)31-18(35)15-11-23(8-3-2-4-9-23)12-33(15)20(37)17(24(27,28)29)32-21(38)39/h13-15,17,32H,2-12H2,1H3,(H,30,36)(H,31,35)(H,38,39). The molecule has 0 aromatic carbocycles. The zero-order valence-corrected chi connectivity index (χ0v) is 21.4. The van der Waals surface area contributed by atoms with Crippen molar-refractivity contribution < 1.29 is 51.0 Å². The van der Waals surface area contributed by atoms with E-state index in [-0.39, 0.29) is 19.0 Å². The predicted molar refractivity (Wildman–Crippen MR) is 125 cm³/mol. The van der Waals surface area contributed by atoms with Gasteiger partial charge in [0.25, 0.3) is 11.8 Å². The molecule has 1 spiro atoms. The van der Waals surface area contributed by atoms with Gasteiger partial charge in [-0.2, -0.15) is 13.2 Å². The maximum Gasteiger partial charge on any atom is 0.417 e. The smallest absolute Gasteiger partial charge is 0.417 e. The highest BCUT2D eigenvalue weighted by Crippen LogP contribution is 2.47. The molecule has 1 aliphatic heterocycles. The summed E-state index contributed by atoms with van der Waals surface area (Å²) in [6.07, 6.45) is -4.37. The van der Waals surface area contributed by atoms with Crippen LogP contribution in [0.25, 0.3) is 0 Å². The first-order chi connectivity index (χ1) is 18.0. The lowest BCUT2D eigenvalue weighted by molar-refractivity contribution is -0.176. The van der Waals surface area contributed by atoms with Gasteiger partial charge in [-0.15, -0.1) is 0 Å². The van der Waals surface area contributed by atoms with E-state index in [4.69, 9.17) is 5.11 Å². The Morgan fingerprint density at radius 1 is 1.00 bits per heavy atom. The van der Waals surface area contributed by atoms with Crippen molar-refractivity contribution in [2.24, 2.45) is 5.41 Å². The molecule has 1 saturated heterocycles. The summed E-state index contributed by atoms with van der Waals surface area (Å²) in [5, 5.41) is 14.7. The monoisotopic (exact) mass is 568 g/mol. The molecule has 3 aliphatic rings. The highest BCUT2D eigenvalue weighted by atomic mass is 19.4. The van der Waals surface area contributed by atoms with Crippen LogP contribution < -0.4 is 16.0 Å². The third-order valence-corrected chi connectivity index (χ3v) is 7.49. The van der Waals surface area contributed by atoms with E-state index < -0.39 is 78.1 Å². The highest BCUT2D eigenvalue weighted by Gasteiger charge is 2.55. The number of nitrogens with one attached hydrogen (secondary N) is 3. The number of hydrogen-bond donors (Lipinski definition) is 4. The Morgan fingerprint density at radius 2 is 1.62 bits per heavy atom. The number of carboxylic acid groups (broad SMARTS) is 1. The number of likely N-dealkylation sites (tertiary alicyclic amines) is 1. The molecule has 3 unspecified atom stereocenters. The van der Waals surface area contributed by atoms with Crippen molar-refractivity contribution in [3.05, 3.63) is 0 Å². The third kappa shape index (κ3) is 8.24. The van der Waals surface area contributed by atoms with Crippen LogP contribution in [0, 0.1) is 5.41 Å². The fourth-order valence-electron chi connectivity index (χ4n) is 5.34. The minimum atomic E-state index is -5.30. The minimum Gasteiger partial charge on any atom is -0.465 e. The number of nitrogens with zero attached hydrogens (tertiary/aromatic N) is 1. The molecular formula is C24H33F5N4O6. The Hall–Kier alpha value is -3.00. The Morgan fingerprint density at radius 3 is 2.13 bits per heavy atom. The topological polar surface area (TPSA) is 145 Å². The molecule has 10 nitrogen and oxygen atoms in total. The van der Waals surface area contributed by atoms with Gasteiger partial charge in [-0.05, 0) is 50.9 Å². The molecule has 0 aromatic heterocycles. The quantitative estimate of drug-likeness (QED) is 0.236. The first-order valence-corrected chi connectivity index (χ1v) is 12.9. The van der Waals surface area contributed by atoms with Crippen molar-refractivity contribution in [2.45, 2.75) is 107 Å². The van der Waals surface area contributed by atoms with Crippen LogP contribution in [0.3, 0.4) is 0 Å². The number of amides is 4. The Balaban J connectivity index is 1.86. The molecule has 1 heterocycles. The van der Waals surface area contributed by atoms with E-state index in [1.54, 1.807) is 0 Å². The van der Waals surface area contributed by atoms with Crippen LogP contribution in [0.5, 0.6) is 0 Å². The summed E-state index contributed by atoms with van der Waals surface area (Å²) in [7, 11) is 0. The first-order valence-electron chi connectivity index (χ1n) is 12.9. The molecule has 2 aliphatic carbocycles. The second kappa shape index (κ2) is 11.6. The SMILES string of the molecule is CC(F)(F)CCC(NC(=O)C1CC2(CCCCC2)CN1C(=O)C(NC(=O)O)C(F)(F)F)C(=O)C(=O)NC1CC1. The van der Waals surface area contributed by atoms with Crippen LogP contribution in [-0.4, -0.2) is 82.4 Å². The number of ketones is 1. The number of rotatable bonds is 10. The summed E-state index contributed by atoms with van der Waals surface area (Å²) in [5.74, 6) is -8.24. The highest BCUT2D eigenvalue weighted by molar-refractivity contribution is 6.38. The van der Waals surface area contributed by atoms with Gasteiger partial charge < -0.3 is 26.0 Å². The van der Waals surface area contributed by atoms with E-state index >= 15 is 0 Å². The number of carbonyl (C=O) groups is 5. The molecule has 0 bridgehead atoms. The molecule has 3 rings (SSSR count). The molecule has 2 saturated carbocycles. The van der Waals surface area contributed by atoms with Crippen LogP contribution in [0.1, 0.15) is 71.1 Å². The second-order valence-corrected chi connectivity index (χ2v) is 11.0. The van der Waals surface area contributed by atoms with Gasteiger partial charge in [-0.1, -0.05) is 19.3 Å². The van der Waals surface area contributed by atoms with Gasteiger partial charge in [0.15, 0.2) is 0 Å². The molecule has 4 amide bonds. The first kappa shape index (κ1) is 30.5. The Bertz CT molecular complexity index is 975. The Kier molecular flexibility index (Phi) is 9.10. The van der Waals surface area contributed by atoms with Gasteiger partial charge in [-0.3, -0.25) is 19.2 Å². The Labute approximate surface area is 221 Å². The van der Waals surface area contributed by atoms with Crippen molar-refractivity contribution in [2.75, 3.05) is 6.54 Å². The molecular weight excluding hydrogens is 535 g/mol. The van der Waals surface area contributed by atoms with Crippen LogP contribution >= 0.6 is 0 Å². The number of alkyl halides is 5. The summed E-state index contributed by atoms with van der Waals surface area (Å²) in [5.41, 5.74) is -0.700. The van der Waals surface area contributed by atoms with Crippen LogP contribution in [0.15, 0.2) is 0 Å². The summed E-state index contributed by atoms with van der Waals surface area (Å²) in [6, 6.07) is -6.59. The number of carbonyl (C=O) groups excluding carboxylic acids is 4. The summed E-state index contributed by atoms with van der Waals surface area (Å²) in [6.45, 7) is 0.350. The normalized spacial score (nSPS) is 22.6. The molecule has 39 heavy (non-hydrogen) atoms. The summed E-state index contributed by atoms with van der Waals surface area (Å²) in [4.78, 5) is 63.2. The fourth-order valence-corrected chi connectivity index (χ4v) is 5.34. The average Bonchev–Trinajstić information content (AvgIpc) is 3.57. The minimum absolute atomic E-state index is 0.0542. The van der Waals surface area contributed by atoms with E-state index in [1.807, 2.05) is 0 Å². The number of halogens is 5. The maximum atomic E-state index is 13.6. The summed E-state index contributed by atoms with van der Waals surface area (Å²) < 4.78 is 68.1. The maximum absolute atomic E-state index is 13.6. The van der Waals surface area contributed by atoms with Crippen LogP contribution in [0.2, 0.25) is 0 Å². The lowest BCUT2D eigenvalue weighted by atomic mass is 9.72. The lowest BCUT2D eigenvalue weighted by Crippen LogP contribution is -2.59. The molecule has 220 valence electrons. The van der Waals surface area contributed by atoms with E-state index in [1.165, 1.54) is 0 Å². The molecule has 0 aromatic rings. The molecule has 0 radical (unpaired) electrons. The zero-order chi connectivity index (χ0) is 29.2. The largest absolute Gasteiger partial charge is 0.465 e. The average molecular weight is 569 g/mol. The van der Waals surface area contributed by atoms with Crippen LogP contribution in [-0.2, 0) is 19.2 Å². The predicted octanol–water partition coefficient (Wildman–Crippen LogP) is 2.50. The lowest BCUT2D eigenvalue weighted by Gasteiger charge is -2.33. The van der Waals surface area contributed by atoms with Gasteiger partial charge in [0.2, 0.25) is 23.7 Å². The zero-order valence-electron chi connectivity index (χ0n) is 21.4. The van der Waals surface area contributed by atoms with Gasteiger partial charge in [-0.25, -0.2) is 13.6 Å². The van der Waals surface area contributed by atoms with Gasteiger partial charge >= 0.3 is 12.3 Å². The summed E-state index contributed by atoms with van der Waals surface area (Å²) >= 11 is 0. The van der Waals surface area contributed by atoms with Crippen molar-refractivity contribution in [3.63, 3.8) is 0 Å². The van der Waals surface area contributed by atoms with Gasteiger partial charge in [0.1, 0.15) is 6.04 Å². The van der Waals surface area contributed by atoms with Crippen molar-refractivity contribution in [3.8, 4) is 0 Å². The van der Waals surface area contributed by atoms with E-state index in [0.29, 0.717) is 50.3 Å². The van der Waals surface area contributed by atoms with Crippen molar-refractivity contribution >= 4 is 29.6 Å². The van der Waals surface area contributed by atoms with E-state index in [0.717, 1.165) is 11.7 Å². The van der Waals surface area contributed by atoms with E-state index in [9.17, 15) is 45.9 Å².